The van der Waals surface area contributed by atoms with Crippen LogP contribution in [0, 0.1) is 0 Å². The number of nitrogens with one attached hydrogen (secondary N) is 1. The van der Waals surface area contributed by atoms with Gasteiger partial charge in [0.2, 0.25) is 10.0 Å². The number of rotatable bonds is 4. The van der Waals surface area contributed by atoms with Gasteiger partial charge in [-0.15, -0.1) is 0 Å². The molecule has 1 unspecified atom stereocenters. The third kappa shape index (κ3) is 4.30. The number of anilines is 1. The maximum absolute atomic E-state index is 11.8. The number of carbonyl (C=O) groups is 1. The van der Waals surface area contributed by atoms with Crippen LogP contribution in [0.2, 0.25) is 0 Å². The summed E-state index contributed by atoms with van der Waals surface area (Å²) in [5.74, 6) is -0.385. The van der Waals surface area contributed by atoms with Crippen molar-refractivity contribution in [3.63, 3.8) is 0 Å². The molecule has 1 saturated heterocycles. The Morgan fingerprint density at radius 3 is 2.58 bits per heavy atom. The molecule has 6 nitrogen and oxygen atoms in total. The molecule has 19 heavy (non-hydrogen) atoms. The van der Waals surface area contributed by atoms with Gasteiger partial charge in [-0.3, -0.25) is 4.79 Å². The molecule has 1 aliphatic rings. The van der Waals surface area contributed by atoms with Crippen molar-refractivity contribution in [3.8, 4) is 0 Å². The number of ether oxygens (including phenoxy) is 1. The van der Waals surface area contributed by atoms with Crippen molar-refractivity contribution >= 4 is 21.6 Å². The summed E-state index contributed by atoms with van der Waals surface area (Å²) in [5, 5.41) is 7.68. The molecule has 1 aliphatic heterocycles. The molecule has 0 aliphatic carbocycles. The molecule has 2 rings (SSSR count). The van der Waals surface area contributed by atoms with Gasteiger partial charge in [0, 0.05) is 12.3 Å². The lowest BCUT2D eigenvalue weighted by molar-refractivity contribution is -0.124. The molecule has 104 valence electrons. The summed E-state index contributed by atoms with van der Waals surface area (Å²) >= 11 is 0. The van der Waals surface area contributed by atoms with E-state index in [4.69, 9.17) is 9.88 Å². The topological polar surface area (TPSA) is 98.5 Å². The molecule has 1 fully saturated rings. The zero-order chi connectivity index (χ0) is 13.9. The zero-order valence-corrected chi connectivity index (χ0v) is 11.2. The first-order chi connectivity index (χ1) is 8.94. The van der Waals surface area contributed by atoms with Gasteiger partial charge in [-0.05, 0) is 30.5 Å². The molecular weight excluding hydrogens is 268 g/mol. The zero-order valence-electron chi connectivity index (χ0n) is 10.3. The number of nitrogens with two attached hydrogens (primary N) is 1. The lowest BCUT2D eigenvalue weighted by atomic mass is 10.2. The van der Waals surface area contributed by atoms with Crippen molar-refractivity contribution in [2.45, 2.75) is 24.7 Å². The van der Waals surface area contributed by atoms with Gasteiger partial charge in [0.1, 0.15) is 6.10 Å². The Labute approximate surface area is 112 Å². The molecule has 1 atom stereocenters. The van der Waals surface area contributed by atoms with Gasteiger partial charge in [-0.25, -0.2) is 13.6 Å². The van der Waals surface area contributed by atoms with E-state index >= 15 is 0 Å². The fraction of sp³-hybridized carbons (Fsp3) is 0.417. The summed E-state index contributed by atoms with van der Waals surface area (Å²) in [6.45, 7) is 0.616. The number of hydrogen-bond acceptors (Lipinski definition) is 4. The Kier molecular flexibility index (Phi) is 4.18. The van der Waals surface area contributed by atoms with E-state index in [9.17, 15) is 13.2 Å². The Morgan fingerprint density at radius 1 is 1.37 bits per heavy atom. The summed E-state index contributed by atoms with van der Waals surface area (Å²) in [6, 6.07) is 6.53. The predicted octanol–water partition coefficient (Wildman–Crippen LogP) is 0.593. The average Bonchev–Trinajstić information content (AvgIpc) is 2.83. The summed E-state index contributed by atoms with van der Waals surface area (Å²) < 4.78 is 27.1. The molecule has 3 N–H and O–H groups in total. The molecule has 0 spiro atoms. The molecule has 1 heterocycles. The molecule has 0 aromatic heterocycles. The molecule has 0 radical (unpaired) electrons. The van der Waals surface area contributed by atoms with Crippen LogP contribution in [0.3, 0.4) is 0 Å². The minimum Gasteiger partial charge on any atom is -0.368 e. The van der Waals surface area contributed by atoms with Crippen LogP contribution in [-0.2, 0) is 25.3 Å². The SMILES string of the molecule is NS(=O)(=O)Cc1ccc(NC(=O)C2CCCO2)cc1. The van der Waals surface area contributed by atoms with Gasteiger partial charge in [-0.2, -0.15) is 0 Å². The second kappa shape index (κ2) is 5.68. The van der Waals surface area contributed by atoms with E-state index in [0.29, 0.717) is 17.9 Å². The third-order valence-electron chi connectivity index (χ3n) is 2.81. The van der Waals surface area contributed by atoms with Gasteiger partial charge in [0.25, 0.3) is 5.91 Å². The van der Waals surface area contributed by atoms with E-state index < -0.39 is 10.0 Å². The van der Waals surface area contributed by atoms with E-state index in [0.717, 1.165) is 12.8 Å². The minimum atomic E-state index is -3.53. The van der Waals surface area contributed by atoms with Crippen LogP contribution < -0.4 is 10.5 Å². The first kappa shape index (κ1) is 14.0. The third-order valence-corrected chi connectivity index (χ3v) is 3.55. The lowest BCUT2D eigenvalue weighted by Crippen LogP contribution is -2.26. The van der Waals surface area contributed by atoms with E-state index in [2.05, 4.69) is 5.32 Å². The standard InChI is InChI=1S/C12H16N2O4S/c13-19(16,17)8-9-3-5-10(6-4-9)14-12(15)11-2-1-7-18-11/h3-6,11H,1-2,7-8H2,(H,14,15)(H2,13,16,17). The van der Waals surface area contributed by atoms with Crippen molar-refractivity contribution in [1.29, 1.82) is 0 Å². The van der Waals surface area contributed by atoms with Crippen LogP contribution in [0.15, 0.2) is 24.3 Å². The highest BCUT2D eigenvalue weighted by molar-refractivity contribution is 7.88. The molecule has 0 bridgehead atoms. The summed E-state index contributed by atoms with van der Waals surface area (Å²) in [4.78, 5) is 11.8. The van der Waals surface area contributed by atoms with E-state index in [1.807, 2.05) is 0 Å². The first-order valence-corrected chi connectivity index (χ1v) is 7.67. The lowest BCUT2D eigenvalue weighted by Gasteiger charge is -2.10. The number of benzene rings is 1. The van der Waals surface area contributed by atoms with Gasteiger partial charge in [-0.1, -0.05) is 12.1 Å². The minimum absolute atomic E-state index is 0.170. The fourth-order valence-electron chi connectivity index (χ4n) is 1.92. The molecule has 7 heteroatoms. The van der Waals surface area contributed by atoms with Crippen molar-refractivity contribution < 1.29 is 17.9 Å². The molecule has 1 aromatic rings. The molecule has 1 aromatic carbocycles. The fourth-order valence-corrected chi connectivity index (χ4v) is 2.58. The van der Waals surface area contributed by atoms with Crippen LogP contribution in [-0.4, -0.2) is 27.0 Å². The van der Waals surface area contributed by atoms with Crippen molar-refractivity contribution in [2.24, 2.45) is 5.14 Å². The normalized spacial score (nSPS) is 19.3. The quantitative estimate of drug-likeness (QED) is 0.845. The highest BCUT2D eigenvalue weighted by Crippen LogP contribution is 2.16. The van der Waals surface area contributed by atoms with Gasteiger partial charge >= 0.3 is 0 Å². The average molecular weight is 284 g/mol. The molecule has 0 saturated carbocycles. The highest BCUT2D eigenvalue weighted by atomic mass is 32.2. The summed E-state index contributed by atoms with van der Waals surface area (Å²) in [7, 11) is -3.53. The highest BCUT2D eigenvalue weighted by Gasteiger charge is 2.23. The Hall–Kier alpha value is -1.44. The van der Waals surface area contributed by atoms with Crippen molar-refractivity contribution in [3.05, 3.63) is 29.8 Å². The van der Waals surface area contributed by atoms with Gasteiger partial charge < -0.3 is 10.1 Å². The summed E-state index contributed by atoms with van der Waals surface area (Å²) in [5.41, 5.74) is 1.19. The Morgan fingerprint density at radius 2 is 2.05 bits per heavy atom. The second-order valence-corrected chi connectivity index (χ2v) is 6.11. The van der Waals surface area contributed by atoms with Crippen LogP contribution in [0.5, 0.6) is 0 Å². The van der Waals surface area contributed by atoms with Gasteiger partial charge in [0.15, 0.2) is 0 Å². The van der Waals surface area contributed by atoms with E-state index in [1.54, 1.807) is 24.3 Å². The van der Waals surface area contributed by atoms with Crippen molar-refractivity contribution in [2.75, 3.05) is 11.9 Å². The number of hydrogen-bond donors (Lipinski definition) is 2. The number of primary sulfonamides is 1. The Balaban J connectivity index is 1.96. The van der Waals surface area contributed by atoms with Crippen molar-refractivity contribution in [1.82, 2.24) is 0 Å². The van der Waals surface area contributed by atoms with E-state index in [1.165, 1.54) is 0 Å². The molecular formula is C12H16N2O4S. The second-order valence-electron chi connectivity index (χ2n) is 4.50. The Bertz CT molecular complexity index is 548. The summed E-state index contributed by atoms with van der Waals surface area (Å²) in [6.07, 6.45) is 1.24. The van der Waals surface area contributed by atoms with Gasteiger partial charge in [0.05, 0.1) is 5.75 Å². The maximum Gasteiger partial charge on any atom is 0.253 e. The predicted molar refractivity (Wildman–Crippen MR) is 70.9 cm³/mol. The smallest absolute Gasteiger partial charge is 0.253 e. The van der Waals surface area contributed by atoms with Crippen LogP contribution in [0.4, 0.5) is 5.69 Å². The monoisotopic (exact) mass is 284 g/mol. The maximum atomic E-state index is 11.8. The van der Waals surface area contributed by atoms with Crippen LogP contribution in [0.25, 0.3) is 0 Å². The largest absolute Gasteiger partial charge is 0.368 e. The number of carbonyl (C=O) groups excluding carboxylic acids is 1. The van der Waals surface area contributed by atoms with E-state index in [-0.39, 0.29) is 17.8 Å². The first-order valence-electron chi connectivity index (χ1n) is 5.96. The van der Waals surface area contributed by atoms with Crippen LogP contribution in [0.1, 0.15) is 18.4 Å². The van der Waals surface area contributed by atoms with Crippen LogP contribution >= 0.6 is 0 Å². The number of amides is 1. The number of sulfonamides is 1. The molecule has 1 amide bonds.